The lowest BCUT2D eigenvalue weighted by Gasteiger charge is -2.38. The smallest absolute Gasteiger partial charge is 0.303 e. The van der Waals surface area contributed by atoms with Crippen LogP contribution in [0.2, 0.25) is 0 Å². The molecule has 0 saturated heterocycles. The summed E-state index contributed by atoms with van der Waals surface area (Å²) in [4.78, 5) is 39.0. The molecule has 0 radical (unpaired) electrons. The van der Waals surface area contributed by atoms with Gasteiger partial charge in [0, 0.05) is 24.3 Å². The lowest BCUT2D eigenvalue weighted by Crippen LogP contribution is -2.47. The summed E-state index contributed by atoms with van der Waals surface area (Å²) in [5, 5.41) is 29.7. The van der Waals surface area contributed by atoms with Crippen LogP contribution in [0, 0.1) is 17.5 Å². The topological polar surface area (TPSA) is 174 Å². The Morgan fingerprint density at radius 3 is 2.22 bits per heavy atom. The van der Waals surface area contributed by atoms with Crippen molar-refractivity contribution in [1.82, 2.24) is 30.4 Å². The second-order valence-electron chi connectivity index (χ2n) is 9.05. The molecule has 12 nitrogen and oxygen atoms in total. The van der Waals surface area contributed by atoms with Crippen LogP contribution >= 0.6 is 0 Å². The van der Waals surface area contributed by atoms with Gasteiger partial charge in [-0.15, -0.1) is 0 Å². The highest BCUT2D eigenvalue weighted by Crippen LogP contribution is 2.42. The maximum atomic E-state index is 14.5. The molecule has 1 aromatic carbocycles. The number of β-amino-alcohol motifs (C(OH)–C–C–N with tert-alkyl or cyclic N) is 1. The first-order valence-corrected chi connectivity index (χ1v) is 12.4. The summed E-state index contributed by atoms with van der Waals surface area (Å²) in [6.45, 7) is 1.75. The monoisotopic (exact) mass is 575 g/mol. The Kier molecular flexibility index (Phi) is 10.8. The Hall–Kier alpha value is -4.50. The van der Waals surface area contributed by atoms with Crippen LogP contribution in [0.3, 0.4) is 0 Å². The molecule has 3 aromatic rings. The first kappa shape index (κ1) is 31.0. The summed E-state index contributed by atoms with van der Waals surface area (Å²) < 4.78 is 43.2. The Labute approximate surface area is 232 Å². The fraction of sp³-hybridized carbons (Fsp3) is 0.346. The van der Waals surface area contributed by atoms with Crippen LogP contribution in [0.1, 0.15) is 49.8 Å². The van der Waals surface area contributed by atoms with E-state index in [4.69, 9.17) is 10.2 Å². The van der Waals surface area contributed by atoms with Crippen molar-refractivity contribution in [2.45, 2.75) is 44.1 Å². The number of carbonyl (C=O) groups is 2. The van der Waals surface area contributed by atoms with E-state index < -0.39 is 40.9 Å². The number of aliphatic hydroxyl groups is 1. The second kappa shape index (κ2) is 14.2. The molecule has 0 fully saturated rings. The van der Waals surface area contributed by atoms with E-state index in [0.29, 0.717) is 19.5 Å². The van der Waals surface area contributed by atoms with Gasteiger partial charge in [0.05, 0.1) is 24.6 Å². The van der Waals surface area contributed by atoms with Crippen LogP contribution in [0.25, 0.3) is 11.3 Å². The predicted octanol–water partition coefficient (Wildman–Crippen LogP) is 2.86. The van der Waals surface area contributed by atoms with Crippen molar-refractivity contribution in [2.75, 3.05) is 13.2 Å². The molecule has 4 rings (SSSR count). The van der Waals surface area contributed by atoms with Gasteiger partial charge in [-0.2, -0.15) is 0 Å². The van der Waals surface area contributed by atoms with Gasteiger partial charge in [0.2, 0.25) is 0 Å². The third kappa shape index (κ3) is 8.25. The fourth-order valence-electron chi connectivity index (χ4n) is 4.14. The minimum Gasteiger partial charge on any atom is -0.481 e. The number of aromatic nitrogens is 4. The molecule has 1 aliphatic rings. The lowest BCUT2D eigenvalue weighted by atomic mass is 9.77. The van der Waals surface area contributed by atoms with Gasteiger partial charge in [-0.1, -0.05) is 13.0 Å². The summed E-state index contributed by atoms with van der Waals surface area (Å²) in [7, 11) is 0. The summed E-state index contributed by atoms with van der Waals surface area (Å²) in [6.07, 6.45) is 6.71. The number of aliphatic imine (C=N–C) groups is 1. The van der Waals surface area contributed by atoms with E-state index in [0.717, 1.165) is 30.9 Å². The first-order valence-electron chi connectivity index (χ1n) is 12.4. The number of aliphatic carboxylic acids is 2. The number of hydrazine groups is 1. The van der Waals surface area contributed by atoms with Gasteiger partial charge in [-0.05, 0) is 30.5 Å². The van der Waals surface area contributed by atoms with Gasteiger partial charge in [0.25, 0.3) is 0 Å². The Morgan fingerprint density at radius 2 is 1.66 bits per heavy atom. The number of carboxylic acids is 2. The van der Waals surface area contributed by atoms with Gasteiger partial charge in [0.1, 0.15) is 42.8 Å². The fourth-order valence-corrected chi connectivity index (χ4v) is 4.14. The zero-order valence-corrected chi connectivity index (χ0v) is 21.9. The van der Waals surface area contributed by atoms with E-state index in [1.165, 1.54) is 23.7 Å². The lowest BCUT2D eigenvalue weighted by molar-refractivity contribution is -0.139. The van der Waals surface area contributed by atoms with Crippen LogP contribution in [0.4, 0.5) is 13.2 Å². The average Bonchev–Trinajstić information content (AvgIpc) is 3.44. The van der Waals surface area contributed by atoms with E-state index >= 15 is 0 Å². The minimum atomic E-state index is -1.86. The predicted molar refractivity (Wildman–Crippen MR) is 139 cm³/mol. The van der Waals surface area contributed by atoms with Crippen LogP contribution in [0.15, 0.2) is 48.2 Å². The molecule has 4 N–H and O–H groups in total. The third-order valence-electron chi connectivity index (χ3n) is 6.22. The number of hydrogen-bond acceptors (Lipinski definition) is 10. The van der Waals surface area contributed by atoms with Gasteiger partial charge in [-0.25, -0.2) is 38.5 Å². The molecule has 2 atom stereocenters. The molecule has 218 valence electrons. The molecular weight excluding hydrogens is 547 g/mol. The first-order chi connectivity index (χ1) is 19.5. The number of hydrogen-bond donors (Lipinski definition) is 4. The summed E-state index contributed by atoms with van der Waals surface area (Å²) in [6, 6.07) is 3.53. The Bertz CT molecular complexity index is 1380. The highest BCUT2D eigenvalue weighted by Gasteiger charge is 2.43. The maximum absolute atomic E-state index is 14.5. The minimum absolute atomic E-state index is 0.0138. The van der Waals surface area contributed by atoms with E-state index in [2.05, 4.69) is 30.4 Å². The van der Waals surface area contributed by atoms with Crippen molar-refractivity contribution in [2.24, 2.45) is 4.99 Å². The second-order valence-corrected chi connectivity index (χ2v) is 9.05. The number of nitrogens with one attached hydrogen (secondary N) is 1. The van der Waals surface area contributed by atoms with Crippen molar-refractivity contribution in [3.63, 3.8) is 0 Å². The van der Waals surface area contributed by atoms with Gasteiger partial charge in [-0.3, -0.25) is 19.6 Å². The van der Waals surface area contributed by atoms with Crippen molar-refractivity contribution >= 4 is 18.3 Å². The molecule has 3 heterocycles. The van der Waals surface area contributed by atoms with Crippen molar-refractivity contribution in [1.29, 1.82) is 0 Å². The van der Waals surface area contributed by atoms with Gasteiger partial charge in [0.15, 0.2) is 11.6 Å². The summed E-state index contributed by atoms with van der Waals surface area (Å²) in [5.74, 6) is -4.84. The third-order valence-corrected chi connectivity index (χ3v) is 6.22. The summed E-state index contributed by atoms with van der Waals surface area (Å²) in [5.41, 5.74) is 0.983. The highest BCUT2D eigenvalue weighted by molar-refractivity contribution is 5.68. The molecule has 0 aliphatic carbocycles. The zero-order chi connectivity index (χ0) is 30.0. The van der Waals surface area contributed by atoms with E-state index in [9.17, 15) is 27.9 Å². The number of unbranched alkanes of at least 4 members (excludes halogenated alkanes) is 1. The van der Waals surface area contributed by atoms with Crippen LogP contribution in [0.5, 0.6) is 0 Å². The maximum Gasteiger partial charge on any atom is 0.303 e. The number of nitrogens with zero attached hydrogens (tertiary/aromatic N) is 6. The molecule has 1 aliphatic heterocycles. The Morgan fingerprint density at radius 1 is 1.02 bits per heavy atom. The molecule has 0 amide bonds. The van der Waals surface area contributed by atoms with Crippen molar-refractivity contribution in [3.8, 4) is 11.3 Å². The zero-order valence-electron chi connectivity index (χ0n) is 21.9. The van der Waals surface area contributed by atoms with Crippen molar-refractivity contribution in [3.05, 3.63) is 72.0 Å². The molecule has 0 saturated carbocycles. The van der Waals surface area contributed by atoms with E-state index in [-0.39, 0.29) is 41.9 Å². The van der Waals surface area contributed by atoms with Crippen LogP contribution in [-0.4, -0.2) is 71.8 Å². The largest absolute Gasteiger partial charge is 0.481 e. The van der Waals surface area contributed by atoms with E-state index in [1.807, 2.05) is 0 Å². The molecule has 0 unspecified atom stereocenters. The highest BCUT2D eigenvalue weighted by atomic mass is 19.1. The SMILES string of the molecule is C[C@@H](c1ncncc1F)[C@](O)(CN1C=NCN1)c1ccc(F)cc1-c1ncncc1F.O=C(O)CCCCC(=O)O. The molecule has 15 heteroatoms. The molecular formula is C26H28F3N7O5. The number of carboxylic acid groups (broad SMARTS) is 2. The van der Waals surface area contributed by atoms with Crippen LogP contribution in [-0.2, 0) is 15.2 Å². The quantitative estimate of drug-likeness (QED) is 0.248. The van der Waals surface area contributed by atoms with Crippen LogP contribution < -0.4 is 5.43 Å². The summed E-state index contributed by atoms with van der Waals surface area (Å²) >= 11 is 0. The van der Waals surface area contributed by atoms with E-state index in [1.54, 1.807) is 6.92 Å². The number of halogens is 3. The number of rotatable bonds is 11. The van der Waals surface area contributed by atoms with Gasteiger partial charge < -0.3 is 15.3 Å². The molecule has 2 aromatic heterocycles. The molecule has 0 spiro atoms. The van der Waals surface area contributed by atoms with Gasteiger partial charge >= 0.3 is 11.9 Å². The normalized spacial score (nSPS) is 14.6. The average molecular weight is 576 g/mol. The standard InChI is InChI=1S/C20H18F3N7O.C6H10O4/c1-12(18-16(22)5-24-8-27-18)20(31,7-30-11-26-10-29-30)15-3-2-13(21)4-14(15)19-17(23)6-25-9-28-19;7-5(8)3-1-2-4-6(9)10/h2-6,8-9,11-12,29,31H,7,10H2,1H3;1-4H2,(H,7,8)(H,9,10)/t12-,20+;/m0./s1. The molecule has 41 heavy (non-hydrogen) atoms. The molecule has 0 bridgehead atoms. The number of benzene rings is 1. The van der Waals surface area contributed by atoms with Crippen molar-refractivity contribution < 1.29 is 38.1 Å². The Balaban J connectivity index is 0.000000397.